The van der Waals surface area contributed by atoms with Crippen LogP contribution in [-0.2, 0) is 4.79 Å². The summed E-state index contributed by atoms with van der Waals surface area (Å²) < 4.78 is 0. The van der Waals surface area contributed by atoms with Gasteiger partial charge < -0.3 is 15.6 Å². The van der Waals surface area contributed by atoms with E-state index in [9.17, 15) is 9.59 Å². The van der Waals surface area contributed by atoms with Crippen LogP contribution < -0.4 is 10.6 Å². The number of nitrogens with one attached hydrogen (secondary N) is 3. The normalized spacial score (nSPS) is 11.8. The Kier molecular flexibility index (Phi) is 5.77. The second kappa shape index (κ2) is 8.80. The van der Waals surface area contributed by atoms with E-state index in [0.29, 0.717) is 10.6 Å². The standard InChI is InChI=1S/C23H19ClN4O2/c24-18-9-5-4-8-17(18)23(30)25-13-21(29)28-22(15-6-2-1-3-7-15)16-10-11-19-20(12-16)27-14-26-19/h1-12,14,22H,13H2,(H,25,30)(H,26,27)(H,28,29). The molecule has 150 valence electrons. The first kappa shape index (κ1) is 19.7. The molecule has 0 aliphatic rings. The molecule has 0 spiro atoms. The molecule has 6 nitrogen and oxygen atoms in total. The summed E-state index contributed by atoms with van der Waals surface area (Å²) in [6, 6.07) is 21.8. The van der Waals surface area contributed by atoms with E-state index in [1.54, 1.807) is 30.6 Å². The van der Waals surface area contributed by atoms with Crippen LogP contribution in [0.4, 0.5) is 0 Å². The number of nitrogens with zero attached hydrogens (tertiary/aromatic N) is 1. The van der Waals surface area contributed by atoms with E-state index in [0.717, 1.165) is 22.2 Å². The van der Waals surface area contributed by atoms with Crippen LogP contribution in [0.1, 0.15) is 27.5 Å². The molecule has 3 aromatic carbocycles. The molecule has 3 N–H and O–H groups in total. The summed E-state index contributed by atoms with van der Waals surface area (Å²) in [5, 5.41) is 5.97. The van der Waals surface area contributed by atoms with E-state index in [-0.39, 0.29) is 18.5 Å². The number of halogens is 1. The van der Waals surface area contributed by atoms with Crippen LogP contribution in [-0.4, -0.2) is 28.3 Å². The number of H-pyrrole nitrogens is 1. The average Bonchev–Trinajstić information content (AvgIpc) is 3.24. The Morgan fingerprint density at radius 2 is 1.73 bits per heavy atom. The number of fused-ring (bicyclic) bond motifs is 1. The molecule has 1 aromatic heterocycles. The first-order valence-electron chi connectivity index (χ1n) is 9.42. The Hall–Kier alpha value is -3.64. The van der Waals surface area contributed by atoms with Gasteiger partial charge in [-0.05, 0) is 35.4 Å². The SMILES string of the molecule is O=C(CNC(=O)c1ccccc1Cl)NC(c1ccccc1)c1ccc2nc[nH]c2c1. The lowest BCUT2D eigenvalue weighted by molar-refractivity contribution is -0.120. The van der Waals surface area contributed by atoms with Gasteiger partial charge in [0.2, 0.25) is 5.91 Å². The zero-order chi connectivity index (χ0) is 20.9. The highest BCUT2D eigenvalue weighted by Gasteiger charge is 2.18. The van der Waals surface area contributed by atoms with Gasteiger partial charge in [-0.2, -0.15) is 0 Å². The van der Waals surface area contributed by atoms with Crippen molar-refractivity contribution in [3.8, 4) is 0 Å². The smallest absolute Gasteiger partial charge is 0.253 e. The number of amides is 2. The monoisotopic (exact) mass is 418 g/mol. The number of aromatic nitrogens is 2. The highest BCUT2D eigenvalue weighted by molar-refractivity contribution is 6.33. The van der Waals surface area contributed by atoms with Crippen molar-refractivity contribution in [1.82, 2.24) is 20.6 Å². The van der Waals surface area contributed by atoms with Gasteiger partial charge >= 0.3 is 0 Å². The maximum absolute atomic E-state index is 12.7. The predicted molar refractivity (Wildman–Crippen MR) is 116 cm³/mol. The van der Waals surface area contributed by atoms with Crippen LogP contribution in [0.5, 0.6) is 0 Å². The van der Waals surface area contributed by atoms with Gasteiger partial charge in [-0.15, -0.1) is 0 Å². The molecule has 4 aromatic rings. The van der Waals surface area contributed by atoms with Gasteiger partial charge in [0.25, 0.3) is 5.91 Å². The van der Waals surface area contributed by atoms with Crippen molar-refractivity contribution >= 4 is 34.4 Å². The first-order chi connectivity index (χ1) is 14.6. The molecule has 0 fully saturated rings. The molecule has 1 unspecified atom stereocenters. The summed E-state index contributed by atoms with van der Waals surface area (Å²) >= 11 is 6.05. The molecule has 1 heterocycles. The van der Waals surface area contributed by atoms with E-state index >= 15 is 0 Å². The van der Waals surface area contributed by atoms with Crippen molar-refractivity contribution in [2.75, 3.05) is 6.54 Å². The van der Waals surface area contributed by atoms with Crippen LogP contribution in [0.15, 0.2) is 79.1 Å². The zero-order valence-corrected chi connectivity index (χ0v) is 16.7. The predicted octanol–water partition coefficient (Wildman–Crippen LogP) is 3.85. The maximum Gasteiger partial charge on any atom is 0.253 e. The number of aromatic amines is 1. The van der Waals surface area contributed by atoms with Crippen molar-refractivity contribution in [3.05, 3.63) is 101 Å². The lowest BCUT2D eigenvalue weighted by atomic mass is 9.98. The highest BCUT2D eigenvalue weighted by Crippen LogP contribution is 2.24. The number of benzene rings is 3. The van der Waals surface area contributed by atoms with Crippen LogP contribution in [0, 0.1) is 0 Å². The summed E-state index contributed by atoms with van der Waals surface area (Å²) in [4.78, 5) is 32.3. The number of hydrogen-bond donors (Lipinski definition) is 3. The molecule has 0 bridgehead atoms. The fourth-order valence-electron chi connectivity index (χ4n) is 3.25. The van der Waals surface area contributed by atoms with Crippen LogP contribution in [0.2, 0.25) is 5.02 Å². The van der Waals surface area contributed by atoms with Gasteiger partial charge in [0.15, 0.2) is 0 Å². The summed E-state index contributed by atoms with van der Waals surface area (Å²) in [6.45, 7) is -0.167. The molecule has 0 aliphatic heterocycles. The summed E-state index contributed by atoms with van der Waals surface area (Å²) in [5.74, 6) is -0.708. The van der Waals surface area contributed by atoms with Crippen LogP contribution in [0.25, 0.3) is 11.0 Å². The van der Waals surface area contributed by atoms with Gasteiger partial charge in [-0.3, -0.25) is 9.59 Å². The first-order valence-corrected chi connectivity index (χ1v) is 9.79. The molecule has 4 rings (SSSR count). The Morgan fingerprint density at radius 3 is 2.53 bits per heavy atom. The molecule has 7 heteroatoms. The summed E-state index contributed by atoms with van der Waals surface area (Å²) in [5.41, 5.74) is 3.90. The zero-order valence-electron chi connectivity index (χ0n) is 15.9. The molecular formula is C23H19ClN4O2. The van der Waals surface area contributed by atoms with Crippen molar-refractivity contribution < 1.29 is 9.59 Å². The number of carbonyl (C=O) groups excluding carboxylic acids is 2. The minimum Gasteiger partial charge on any atom is -0.345 e. The lowest BCUT2D eigenvalue weighted by Gasteiger charge is -2.20. The van der Waals surface area contributed by atoms with Crippen molar-refractivity contribution in [2.24, 2.45) is 0 Å². The minimum atomic E-state index is -0.397. The molecule has 0 radical (unpaired) electrons. The largest absolute Gasteiger partial charge is 0.345 e. The van der Waals surface area contributed by atoms with Gasteiger partial charge in [0.1, 0.15) is 0 Å². The molecule has 30 heavy (non-hydrogen) atoms. The Bertz CT molecular complexity index is 1190. The van der Waals surface area contributed by atoms with E-state index in [4.69, 9.17) is 11.6 Å². The van der Waals surface area contributed by atoms with Gasteiger partial charge in [-0.25, -0.2) is 4.98 Å². The van der Waals surface area contributed by atoms with Crippen molar-refractivity contribution in [3.63, 3.8) is 0 Å². The lowest BCUT2D eigenvalue weighted by Crippen LogP contribution is -2.39. The fraction of sp³-hybridized carbons (Fsp3) is 0.0870. The second-order valence-electron chi connectivity index (χ2n) is 6.75. The van der Waals surface area contributed by atoms with Gasteiger partial charge in [-0.1, -0.05) is 60.1 Å². The van der Waals surface area contributed by atoms with Crippen molar-refractivity contribution in [2.45, 2.75) is 6.04 Å². The molecule has 2 amide bonds. The van der Waals surface area contributed by atoms with E-state index in [1.807, 2.05) is 48.5 Å². The minimum absolute atomic E-state index is 0.167. The molecule has 1 atom stereocenters. The number of hydrogen-bond acceptors (Lipinski definition) is 3. The van der Waals surface area contributed by atoms with E-state index < -0.39 is 5.91 Å². The average molecular weight is 419 g/mol. The van der Waals surface area contributed by atoms with Gasteiger partial charge in [0.05, 0.1) is 40.5 Å². The molecular weight excluding hydrogens is 400 g/mol. The third kappa shape index (κ3) is 4.34. The number of rotatable bonds is 6. The van der Waals surface area contributed by atoms with Crippen molar-refractivity contribution in [1.29, 1.82) is 0 Å². The van der Waals surface area contributed by atoms with E-state index in [1.165, 1.54) is 0 Å². The number of imidazole rings is 1. The van der Waals surface area contributed by atoms with E-state index in [2.05, 4.69) is 20.6 Å². The second-order valence-corrected chi connectivity index (χ2v) is 7.16. The Morgan fingerprint density at radius 1 is 0.967 bits per heavy atom. The quantitative estimate of drug-likeness (QED) is 0.444. The summed E-state index contributed by atoms with van der Waals surface area (Å²) in [7, 11) is 0. The Labute approximate surface area is 178 Å². The van der Waals surface area contributed by atoms with Crippen LogP contribution in [0.3, 0.4) is 0 Å². The maximum atomic E-state index is 12.7. The fourth-order valence-corrected chi connectivity index (χ4v) is 3.47. The third-order valence-electron chi connectivity index (χ3n) is 4.74. The topological polar surface area (TPSA) is 86.9 Å². The molecule has 0 saturated carbocycles. The highest BCUT2D eigenvalue weighted by atomic mass is 35.5. The molecule has 0 saturated heterocycles. The Balaban J connectivity index is 1.51. The van der Waals surface area contributed by atoms with Gasteiger partial charge in [0, 0.05) is 0 Å². The van der Waals surface area contributed by atoms with Crippen LogP contribution >= 0.6 is 11.6 Å². The molecule has 0 aliphatic carbocycles. The number of carbonyl (C=O) groups is 2. The summed E-state index contributed by atoms with van der Waals surface area (Å²) in [6.07, 6.45) is 1.63. The third-order valence-corrected chi connectivity index (χ3v) is 5.07.